The van der Waals surface area contributed by atoms with Crippen molar-refractivity contribution in [2.24, 2.45) is 5.92 Å². The molecule has 5 nitrogen and oxygen atoms in total. The van der Waals surface area contributed by atoms with Crippen molar-refractivity contribution in [1.82, 2.24) is 0 Å². The van der Waals surface area contributed by atoms with Crippen molar-refractivity contribution >= 4 is 5.78 Å². The fourth-order valence-electron chi connectivity index (χ4n) is 3.54. The van der Waals surface area contributed by atoms with Crippen molar-refractivity contribution in [2.45, 2.75) is 85.4 Å². The number of phenols is 1. The second-order valence-corrected chi connectivity index (χ2v) is 9.67. The molecule has 0 radical (unpaired) electrons. The lowest BCUT2D eigenvalue weighted by atomic mass is 9.95. The normalized spacial score (nSPS) is 15.1. The molecule has 3 N–H and O–H groups in total. The number of allylic oxidation sites excluding steroid dienone is 3. The van der Waals surface area contributed by atoms with Crippen LogP contribution in [0, 0.1) is 12.8 Å². The molecule has 0 aliphatic heterocycles. The highest BCUT2D eigenvalue weighted by molar-refractivity contribution is 5.91. The average Bonchev–Trinajstić information content (AvgIpc) is 2.71. The summed E-state index contributed by atoms with van der Waals surface area (Å²) in [5, 5.41) is 30.4. The largest absolute Gasteiger partial charge is 0.507 e. The van der Waals surface area contributed by atoms with Gasteiger partial charge in [-0.25, -0.2) is 0 Å². The minimum absolute atomic E-state index is 0.0248. The molecule has 0 fully saturated rings. The van der Waals surface area contributed by atoms with Gasteiger partial charge in [-0.15, -0.1) is 0 Å². The van der Waals surface area contributed by atoms with Gasteiger partial charge in [0.25, 0.3) is 0 Å². The number of hydrogen-bond acceptors (Lipinski definition) is 5. The van der Waals surface area contributed by atoms with E-state index in [0.29, 0.717) is 18.6 Å². The number of benzene rings is 1. The third-order valence-electron chi connectivity index (χ3n) is 5.62. The molecule has 184 valence electrons. The van der Waals surface area contributed by atoms with E-state index in [0.717, 1.165) is 41.5 Å². The summed E-state index contributed by atoms with van der Waals surface area (Å²) in [5.74, 6) is 0.925. The summed E-state index contributed by atoms with van der Waals surface area (Å²) in [6, 6.07) is 3.63. The molecule has 1 aromatic rings. The van der Waals surface area contributed by atoms with E-state index >= 15 is 0 Å². The number of methoxy groups -OCH3 is 1. The fourth-order valence-corrected chi connectivity index (χ4v) is 3.54. The Balaban J connectivity index is 2.54. The van der Waals surface area contributed by atoms with E-state index < -0.39 is 11.7 Å². The molecule has 0 bridgehead atoms. The average molecular weight is 459 g/mol. The Morgan fingerprint density at radius 3 is 2.48 bits per heavy atom. The summed E-state index contributed by atoms with van der Waals surface area (Å²) in [4.78, 5) is 12.1. The minimum Gasteiger partial charge on any atom is -0.507 e. The van der Waals surface area contributed by atoms with E-state index in [4.69, 9.17) is 4.74 Å². The first kappa shape index (κ1) is 28.7. The van der Waals surface area contributed by atoms with E-state index in [2.05, 4.69) is 0 Å². The maximum atomic E-state index is 12.1. The fraction of sp³-hybridized carbons (Fsp3) is 0.536. The molecule has 0 heterocycles. The molecule has 0 aliphatic carbocycles. The number of aliphatic hydroxyl groups is 2. The standard InChI is InChI=1S/C28H42O5/c1-19(9-8-10-21(3)26(30)13-14-28(5,6)32)15-24(29)16-20(2)11-12-23-18-25(33-7)17-22(4)27(23)31/h11,13-15,17-18,21,24,29,31-32H,8-10,12,16H2,1-7H3/b14-13+,19-15+,20-11+. The van der Waals surface area contributed by atoms with Crippen molar-refractivity contribution < 1.29 is 24.9 Å². The van der Waals surface area contributed by atoms with Gasteiger partial charge < -0.3 is 20.1 Å². The van der Waals surface area contributed by atoms with E-state index in [1.54, 1.807) is 27.0 Å². The van der Waals surface area contributed by atoms with Crippen LogP contribution in [0.1, 0.15) is 71.4 Å². The summed E-state index contributed by atoms with van der Waals surface area (Å²) < 4.78 is 5.28. The zero-order chi connectivity index (χ0) is 25.2. The third kappa shape index (κ3) is 11.4. The molecule has 0 saturated carbocycles. The van der Waals surface area contributed by atoms with Crippen LogP contribution < -0.4 is 4.74 Å². The van der Waals surface area contributed by atoms with Gasteiger partial charge >= 0.3 is 0 Å². The first-order valence-electron chi connectivity index (χ1n) is 11.6. The molecule has 5 heteroatoms. The number of rotatable bonds is 13. The zero-order valence-electron chi connectivity index (χ0n) is 21.3. The summed E-state index contributed by atoms with van der Waals surface area (Å²) in [6.07, 6.45) is 9.87. The highest BCUT2D eigenvalue weighted by Gasteiger charge is 2.13. The lowest BCUT2D eigenvalue weighted by Gasteiger charge is -2.12. The number of hydrogen-bond donors (Lipinski definition) is 3. The number of aliphatic hydroxyl groups excluding tert-OH is 1. The van der Waals surface area contributed by atoms with Crippen LogP contribution in [-0.4, -0.2) is 39.9 Å². The quantitative estimate of drug-likeness (QED) is 0.265. The first-order valence-corrected chi connectivity index (χ1v) is 11.6. The van der Waals surface area contributed by atoms with Gasteiger partial charge in [-0.3, -0.25) is 4.79 Å². The molecular weight excluding hydrogens is 416 g/mol. The molecule has 33 heavy (non-hydrogen) atoms. The summed E-state index contributed by atoms with van der Waals surface area (Å²) in [7, 11) is 1.61. The number of aryl methyl sites for hydroxylation is 1. The van der Waals surface area contributed by atoms with Gasteiger partial charge in [-0.1, -0.05) is 36.3 Å². The highest BCUT2D eigenvalue weighted by atomic mass is 16.5. The van der Waals surface area contributed by atoms with Crippen molar-refractivity contribution in [3.8, 4) is 11.5 Å². The minimum atomic E-state index is -0.981. The lowest BCUT2D eigenvalue weighted by Crippen LogP contribution is -2.16. The molecule has 1 aromatic carbocycles. The molecule has 0 saturated heterocycles. The lowest BCUT2D eigenvalue weighted by molar-refractivity contribution is -0.118. The van der Waals surface area contributed by atoms with Gasteiger partial charge in [0.2, 0.25) is 0 Å². The molecular formula is C28H42O5. The van der Waals surface area contributed by atoms with Crippen LogP contribution >= 0.6 is 0 Å². The number of carbonyl (C=O) groups is 1. The van der Waals surface area contributed by atoms with Gasteiger partial charge in [-0.05, 0) is 90.5 Å². The molecule has 0 spiro atoms. The summed E-state index contributed by atoms with van der Waals surface area (Å²) in [5.41, 5.74) is 2.74. The molecule has 0 amide bonds. The van der Waals surface area contributed by atoms with Crippen molar-refractivity contribution in [1.29, 1.82) is 0 Å². The predicted molar refractivity (Wildman–Crippen MR) is 135 cm³/mol. The van der Waals surface area contributed by atoms with E-state index in [9.17, 15) is 20.1 Å². The van der Waals surface area contributed by atoms with E-state index in [1.807, 2.05) is 45.9 Å². The molecule has 2 atom stereocenters. The Bertz CT molecular complexity index is 871. The van der Waals surface area contributed by atoms with Crippen LogP contribution in [0.2, 0.25) is 0 Å². The number of ether oxygens (including phenoxy) is 1. The molecule has 0 aliphatic rings. The van der Waals surface area contributed by atoms with Crippen LogP contribution in [0.4, 0.5) is 0 Å². The monoisotopic (exact) mass is 458 g/mol. The first-order chi connectivity index (χ1) is 15.3. The maximum Gasteiger partial charge on any atom is 0.158 e. The van der Waals surface area contributed by atoms with E-state index in [-0.39, 0.29) is 17.5 Å². The smallest absolute Gasteiger partial charge is 0.158 e. The SMILES string of the molecule is COc1cc(C)c(O)c(C/C=C(\C)CC(O)/C=C(\C)CCCC(C)C(=O)/C=C/C(C)(C)O)c1. The molecule has 0 aromatic heterocycles. The van der Waals surface area contributed by atoms with Crippen LogP contribution in [0.5, 0.6) is 11.5 Å². The predicted octanol–water partition coefficient (Wildman–Crippen LogP) is 5.60. The number of ketones is 1. The Morgan fingerprint density at radius 2 is 1.88 bits per heavy atom. The topological polar surface area (TPSA) is 87.0 Å². The van der Waals surface area contributed by atoms with Crippen LogP contribution in [-0.2, 0) is 11.2 Å². The maximum absolute atomic E-state index is 12.1. The van der Waals surface area contributed by atoms with Gasteiger partial charge in [0.05, 0.1) is 18.8 Å². The Kier molecular flexibility index (Phi) is 11.6. The van der Waals surface area contributed by atoms with Crippen LogP contribution in [0.3, 0.4) is 0 Å². The van der Waals surface area contributed by atoms with Crippen LogP contribution in [0.15, 0.2) is 47.6 Å². The van der Waals surface area contributed by atoms with Gasteiger partial charge in [-0.2, -0.15) is 0 Å². The Hall–Kier alpha value is -2.37. The third-order valence-corrected chi connectivity index (χ3v) is 5.62. The molecule has 1 rings (SSSR count). The van der Waals surface area contributed by atoms with Crippen molar-refractivity contribution in [3.05, 3.63) is 58.7 Å². The highest BCUT2D eigenvalue weighted by Crippen LogP contribution is 2.28. The van der Waals surface area contributed by atoms with Crippen molar-refractivity contribution in [3.63, 3.8) is 0 Å². The van der Waals surface area contributed by atoms with Gasteiger partial charge in [0.1, 0.15) is 11.5 Å². The summed E-state index contributed by atoms with van der Waals surface area (Å²) in [6.45, 7) is 11.0. The summed E-state index contributed by atoms with van der Waals surface area (Å²) >= 11 is 0. The van der Waals surface area contributed by atoms with E-state index in [1.165, 1.54) is 12.2 Å². The Labute approximate surface area is 199 Å². The Morgan fingerprint density at radius 1 is 1.21 bits per heavy atom. The zero-order valence-corrected chi connectivity index (χ0v) is 21.3. The second kappa shape index (κ2) is 13.4. The molecule has 2 unspecified atom stereocenters. The van der Waals surface area contributed by atoms with Gasteiger partial charge in [0, 0.05) is 11.5 Å². The van der Waals surface area contributed by atoms with Gasteiger partial charge in [0.15, 0.2) is 5.78 Å². The number of aromatic hydroxyl groups is 1. The van der Waals surface area contributed by atoms with Crippen molar-refractivity contribution in [2.75, 3.05) is 7.11 Å². The second-order valence-electron chi connectivity index (χ2n) is 9.67. The number of carbonyl (C=O) groups excluding carboxylic acids is 1. The van der Waals surface area contributed by atoms with Crippen LogP contribution in [0.25, 0.3) is 0 Å². The number of phenolic OH excluding ortho intramolecular Hbond substituents is 1.